The molecule has 0 aromatic heterocycles. The molecule has 0 saturated heterocycles. The number of nitrogens with one attached hydrogen (secondary N) is 4. The molecule has 0 amide bonds. The van der Waals surface area contributed by atoms with Crippen LogP contribution in [0.4, 0.5) is 22.7 Å². The fraction of sp³-hybridized carbons (Fsp3) is 0.111. The molecule has 0 bridgehead atoms. The lowest BCUT2D eigenvalue weighted by atomic mass is 10.0. The van der Waals surface area contributed by atoms with E-state index in [-0.39, 0.29) is 11.5 Å². The average Bonchev–Trinajstić information content (AvgIpc) is 3.02. The molecule has 0 radical (unpaired) electrons. The van der Waals surface area contributed by atoms with Gasteiger partial charge in [-0.3, -0.25) is 0 Å². The number of phenols is 2. The normalized spacial score (nSPS) is 10.3. The summed E-state index contributed by atoms with van der Waals surface area (Å²) in [5.41, 5.74) is 6.25. The van der Waals surface area contributed by atoms with Crippen molar-refractivity contribution >= 4 is 22.7 Å². The van der Waals surface area contributed by atoms with E-state index in [4.69, 9.17) is 4.74 Å². The molecular formula is C36H38N4O3. The van der Waals surface area contributed by atoms with Crippen molar-refractivity contribution in [2.45, 2.75) is 0 Å². The molecule has 220 valence electrons. The van der Waals surface area contributed by atoms with Gasteiger partial charge in [0.05, 0.1) is 22.7 Å². The van der Waals surface area contributed by atoms with Gasteiger partial charge in [-0.2, -0.15) is 0 Å². The van der Waals surface area contributed by atoms with E-state index in [9.17, 15) is 10.2 Å². The first-order chi connectivity index (χ1) is 21.0. The van der Waals surface area contributed by atoms with Crippen LogP contribution in [0.25, 0.3) is 22.3 Å². The molecule has 7 nitrogen and oxygen atoms in total. The van der Waals surface area contributed by atoms with Crippen LogP contribution in [0.5, 0.6) is 23.0 Å². The molecule has 0 aliphatic rings. The molecule has 0 unspecified atom stereocenters. The van der Waals surface area contributed by atoms with E-state index in [1.807, 2.05) is 60.7 Å². The highest BCUT2D eigenvalue weighted by molar-refractivity contribution is 5.77. The number of benzene rings is 4. The zero-order chi connectivity index (χ0) is 30.6. The van der Waals surface area contributed by atoms with Crippen molar-refractivity contribution in [1.29, 1.82) is 0 Å². The first-order valence-corrected chi connectivity index (χ1v) is 14.0. The minimum absolute atomic E-state index is 0.147. The van der Waals surface area contributed by atoms with Crippen LogP contribution in [-0.4, -0.2) is 36.4 Å². The predicted molar refractivity (Wildman–Crippen MR) is 182 cm³/mol. The highest BCUT2D eigenvalue weighted by Crippen LogP contribution is 2.41. The van der Waals surface area contributed by atoms with Crippen LogP contribution in [0.3, 0.4) is 0 Å². The van der Waals surface area contributed by atoms with E-state index >= 15 is 0 Å². The summed E-state index contributed by atoms with van der Waals surface area (Å²) in [5.74, 6) is 1.48. The van der Waals surface area contributed by atoms with Crippen LogP contribution < -0.4 is 26.0 Å². The predicted octanol–water partition coefficient (Wildman–Crippen LogP) is 8.62. The molecular weight excluding hydrogens is 536 g/mol. The Balaban J connectivity index is 1.73. The maximum Gasteiger partial charge on any atom is 0.151 e. The van der Waals surface area contributed by atoms with Crippen molar-refractivity contribution in [1.82, 2.24) is 0 Å². The van der Waals surface area contributed by atoms with Gasteiger partial charge < -0.3 is 36.2 Å². The Labute approximate surface area is 253 Å². The van der Waals surface area contributed by atoms with Gasteiger partial charge in [0.15, 0.2) is 11.5 Å². The van der Waals surface area contributed by atoms with Gasteiger partial charge in [-0.15, -0.1) is 26.3 Å². The van der Waals surface area contributed by atoms with Gasteiger partial charge in [-0.25, -0.2) is 0 Å². The quantitative estimate of drug-likeness (QED) is 0.0589. The maximum absolute atomic E-state index is 10.6. The van der Waals surface area contributed by atoms with Gasteiger partial charge in [0, 0.05) is 26.2 Å². The van der Waals surface area contributed by atoms with E-state index in [1.165, 1.54) is 0 Å². The molecule has 0 aliphatic heterocycles. The van der Waals surface area contributed by atoms with Gasteiger partial charge in [0.1, 0.15) is 11.5 Å². The summed E-state index contributed by atoms with van der Waals surface area (Å²) in [6.45, 7) is 17.3. The summed E-state index contributed by atoms with van der Waals surface area (Å²) in [6, 6.07) is 22.7. The summed E-state index contributed by atoms with van der Waals surface area (Å²) < 4.78 is 6.61. The van der Waals surface area contributed by atoms with E-state index in [0.29, 0.717) is 49.1 Å². The number of rotatable bonds is 16. The van der Waals surface area contributed by atoms with Gasteiger partial charge in [-0.05, 0) is 70.8 Å². The SMILES string of the molecule is C=CCNc1ccc(-c2ccc(NCC=C)c(Oc3cc(-c4ccc(NCC=C)c(O)c4)ccc3NCC=C)c2)cc1O. The fourth-order valence-electron chi connectivity index (χ4n) is 4.43. The molecule has 0 aliphatic carbocycles. The highest BCUT2D eigenvalue weighted by Gasteiger charge is 2.14. The molecule has 0 atom stereocenters. The van der Waals surface area contributed by atoms with Crippen LogP contribution in [0.15, 0.2) is 123 Å². The number of hydrogen-bond acceptors (Lipinski definition) is 7. The van der Waals surface area contributed by atoms with Gasteiger partial charge in [-0.1, -0.05) is 48.6 Å². The summed E-state index contributed by atoms with van der Waals surface area (Å²) >= 11 is 0. The molecule has 0 fully saturated rings. The van der Waals surface area contributed by atoms with Crippen molar-refractivity contribution in [3.63, 3.8) is 0 Å². The van der Waals surface area contributed by atoms with Crippen LogP contribution in [-0.2, 0) is 0 Å². The Hall–Kier alpha value is -5.56. The van der Waals surface area contributed by atoms with E-state index in [1.54, 1.807) is 36.4 Å². The van der Waals surface area contributed by atoms with Crippen molar-refractivity contribution in [3.8, 4) is 45.3 Å². The second kappa shape index (κ2) is 14.9. The highest BCUT2D eigenvalue weighted by atomic mass is 16.5. The van der Waals surface area contributed by atoms with Crippen LogP contribution in [0.2, 0.25) is 0 Å². The van der Waals surface area contributed by atoms with E-state index in [2.05, 4.69) is 47.6 Å². The molecule has 0 spiro atoms. The zero-order valence-electron chi connectivity index (χ0n) is 24.2. The van der Waals surface area contributed by atoms with Crippen LogP contribution in [0, 0.1) is 0 Å². The number of phenolic OH excluding ortho intramolecular Hbond substituents is 2. The standard InChI is InChI=1S/C36H38N4O3/c1-5-17-37-29-13-9-25(21-33(29)41)27-11-15-31(39-19-7-3)35(23-27)43-36-24-28(12-16-32(36)40-20-8-4)26-10-14-30(34(42)22-26)38-18-6-2/h5-16,21-24,37-42H,1-4,17-20H2. The molecule has 0 heterocycles. The minimum Gasteiger partial charge on any atom is -0.506 e. The summed E-state index contributed by atoms with van der Waals surface area (Å²) in [5, 5.41) is 34.1. The minimum atomic E-state index is 0.147. The molecule has 4 aromatic rings. The van der Waals surface area contributed by atoms with Gasteiger partial charge >= 0.3 is 0 Å². The van der Waals surface area contributed by atoms with E-state index < -0.39 is 0 Å². The lowest BCUT2D eigenvalue weighted by Gasteiger charge is -2.18. The molecule has 0 saturated carbocycles. The second-order valence-corrected chi connectivity index (χ2v) is 9.67. The molecule has 43 heavy (non-hydrogen) atoms. The van der Waals surface area contributed by atoms with Crippen molar-refractivity contribution < 1.29 is 14.9 Å². The smallest absolute Gasteiger partial charge is 0.151 e. The maximum atomic E-state index is 10.6. The molecule has 7 heteroatoms. The molecule has 4 rings (SSSR count). The van der Waals surface area contributed by atoms with Crippen molar-refractivity contribution in [2.75, 3.05) is 47.4 Å². The Bertz CT molecular complexity index is 1490. The second-order valence-electron chi connectivity index (χ2n) is 9.67. The first-order valence-electron chi connectivity index (χ1n) is 14.0. The lowest BCUT2D eigenvalue weighted by molar-refractivity contribution is 0.477. The molecule has 6 N–H and O–H groups in total. The summed E-state index contributed by atoms with van der Waals surface area (Å²) in [4.78, 5) is 0. The lowest BCUT2D eigenvalue weighted by Crippen LogP contribution is -2.03. The fourth-order valence-corrected chi connectivity index (χ4v) is 4.43. The largest absolute Gasteiger partial charge is 0.506 e. The third kappa shape index (κ3) is 7.80. The van der Waals surface area contributed by atoms with Gasteiger partial charge in [0.25, 0.3) is 0 Å². The third-order valence-electron chi connectivity index (χ3n) is 6.59. The number of ether oxygens (including phenoxy) is 1. The first kappa shape index (κ1) is 30.4. The molecule has 4 aromatic carbocycles. The summed E-state index contributed by atoms with van der Waals surface area (Å²) in [7, 11) is 0. The Morgan fingerprint density at radius 1 is 0.465 bits per heavy atom. The number of anilines is 4. The summed E-state index contributed by atoms with van der Waals surface area (Å²) in [6.07, 6.45) is 7.03. The third-order valence-corrected chi connectivity index (χ3v) is 6.59. The Morgan fingerprint density at radius 2 is 0.767 bits per heavy atom. The topological polar surface area (TPSA) is 97.8 Å². The number of hydrogen-bond donors (Lipinski definition) is 6. The average molecular weight is 575 g/mol. The van der Waals surface area contributed by atoms with Crippen molar-refractivity contribution in [2.24, 2.45) is 0 Å². The van der Waals surface area contributed by atoms with E-state index in [0.717, 1.165) is 33.6 Å². The number of aromatic hydroxyl groups is 2. The Morgan fingerprint density at radius 3 is 1.09 bits per heavy atom. The Kier molecular flexibility index (Phi) is 10.5. The monoisotopic (exact) mass is 574 g/mol. The van der Waals surface area contributed by atoms with Crippen molar-refractivity contribution in [3.05, 3.63) is 123 Å². The van der Waals surface area contributed by atoms with Crippen LogP contribution in [0.1, 0.15) is 0 Å². The van der Waals surface area contributed by atoms with Crippen LogP contribution >= 0.6 is 0 Å². The zero-order valence-corrected chi connectivity index (χ0v) is 24.2. The van der Waals surface area contributed by atoms with Gasteiger partial charge in [0.2, 0.25) is 0 Å².